The molecule has 0 heterocycles. The van der Waals surface area contributed by atoms with Crippen molar-refractivity contribution in [3.63, 3.8) is 0 Å². The Morgan fingerprint density at radius 1 is 1.54 bits per heavy atom. The van der Waals surface area contributed by atoms with Crippen LogP contribution in [0.4, 0.5) is 4.79 Å². The molecule has 2 N–H and O–H groups in total. The van der Waals surface area contributed by atoms with Gasteiger partial charge in [0, 0.05) is 5.71 Å². The highest BCUT2D eigenvalue weighted by Gasteiger charge is 2.01. The van der Waals surface area contributed by atoms with Crippen molar-refractivity contribution in [1.29, 1.82) is 0 Å². The molecule has 1 amide bonds. The number of nitrogens with zero attached hydrogens (tertiary/aromatic N) is 1. The first-order chi connectivity index (χ1) is 6.06. The normalized spacial score (nSPS) is 10.8. The lowest BCUT2D eigenvalue weighted by Crippen LogP contribution is -2.20. The number of amides is 1. The van der Waals surface area contributed by atoms with E-state index in [1.807, 2.05) is 0 Å². The standard InChI is InChI=1S/C7H12N2O4/c1-3-13-7(12)9-8-5(2)4-6(10)11/h3-4H2,1-2H3,(H,9,12)(H,10,11). The quantitative estimate of drug-likeness (QED) is 0.499. The number of hydrazone groups is 1. The van der Waals surface area contributed by atoms with E-state index in [4.69, 9.17) is 5.11 Å². The fourth-order valence-electron chi connectivity index (χ4n) is 0.563. The minimum atomic E-state index is -0.994. The molecular formula is C7H12N2O4. The van der Waals surface area contributed by atoms with Gasteiger partial charge in [0.25, 0.3) is 0 Å². The highest BCUT2D eigenvalue weighted by atomic mass is 16.5. The van der Waals surface area contributed by atoms with Gasteiger partial charge in [-0.05, 0) is 13.8 Å². The molecule has 0 aliphatic rings. The Morgan fingerprint density at radius 2 is 2.15 bits per heavy atom. The minimum Gasteiger partial charge on any atom is -0.481 e. The number of carbonyl (C=O) groups excluding carboxylic acids is 1. The molecule has 0 spiro atoms. The van der Waals surface area contributed by atoms with Crippen LogP contribution in [0.3, 0.4) is 0 Å². The molecule has 0 rings (SSSR count). The molecule has 0 bridgehead atoms. The number of aliphatic carboxylic acids is 1. The van der Waals surface area contributed by atoms with Gasteiger partial charge in [-0.15, -0.1) is 0 Å². The highest BCUT2D eigenvalue weighted by molar-refractivity contribution is 5.97. The molecule has 0 radical (unpaired) electrons. The molecule has 0 aliphatic carbocycles. The van der Waals surface area contributed by atoms with Crippen molar-refractivity contribution in [1.82, 2.24) is 5.43 Å². The summed E-state index contributed by atoms with van der Waals surface area (Å²) in [4.78, 5) is 20.8. The summed E-state index contributed by atoms with van der Waals surface area (Å²) in [5, 5.41) is 11.8. The van der Waals surface area contributed by atoms with Crippen LogP contribution in [0.2, 0.25) is 0 Å². The second kappa shape index (κ2) is 5.99. The van der Waals surface area contributed by atoms with Crippen LogP contribution < -0.4 is 5.43 Å². The third-order valence-corrected chi connectivity index (χ3v) is 1.02. The number of carbonyl (C=O) groups is 2. The Morgan fingerprint density at radius 3 is 2.62 bits per heavy atom. The fourth-order valence-corrected chi connectivity index (χ4v) is 0.563. The molecule has 0 fully saturated rings. The van der Waals surface area contributed by atoms with Crippen LogP contribution in [-0.4, -0.2) is 29.5 Å². The molecule has 74 valence electrons. The summed E-state index contributed by atoms with van der Waals surface area (Å²) in [7, 11) is 0. The summed E-state index contributed by atoms with van der Waals surface area (Å²) in [6.45, 7) is 3.41. The predicted molar refractivity (Wildman–Crippen MR) is 45.5 cm³/mol. The number of hydrogen-bond donors (Lipinski definition) is 2. The van der Waals surface area contributed by atoms with E-state index in [-0.39, 0.29) is 13.0 Å². The van der Waals surface area contributed by atoms with Crippen LogP contribution in [0.1, 0.15) is 20.3 Å². The van der Waals surface area contributed by atoms with Crippen molar-refractivity contribution in [3.8, 4) is 0 Å². The van der Waals surface area contributed by atoms with Crippen LogP contribution in [-0.2, 0) is 9.53 Å². The van der Waals surface area contributed by atoms with Crippen molar-refractivity contribution in [2.24, 2.45) is 5.10 Å². The molecule has 0 saturated heterocycles. The molecule has 0 aromatic rings. The van der Waals surface area contributed by atoms with Crippen LogP contribution in [0, 0.1) is 0 Å². The van der Waals surface area contributed by atoms with E-state index in [1.54, 1.807) is 6.92 Å². The second-order valence-electron chi connectivity index (χ2n) is 2.25. The second-order valence-corrected chi connectivity index (χ2v) is 2.25. The zero-order chi connectivity index (χ0) is 10.3. The number of hydrogen-bond acceptors (Lipinski definition) is 4. The lowest BCUT2D eigenvalue weighted by molar-refractivity contribution is -0.135. The summed E-state index contributed by atoms with van der Waals surface area (Å²) >= 11 is 0. The van der Waals surface area contributed by atoms with E-state index < -0.39 is 12.1 Å². The number of carboxylic acids is 1. The lowest BCUT2D eigenvalue weighted by Gasteiger charge is -2.00. The smallest absolute Gasteiger partial charge is 0.427 e. The molecular weight excluding hydrogens is 176 g/mol. The fraction of sp³-hybridized carbons (Fsp3) is 0.571. The van der Waals surface area contributed by atoms with E-state index in [0.29, 0.717) is 5.71 Å². The van der Waals surface area contributed by atoms with Gasteiger partial charge in [-0.3, -0.25) is 4.79 Å². The molecule has 6 heteroatoms. The Kier molecular flexibility index (Phi) is 5.25. The molecule has 0 atom stereocenters. The number of ether oxygens (including phenoxy) is 1. The van der Waals surface area contributed by atoms with Gasteiger partial charge in [0.15, 0.2) is 0 Å². The maximum absolute atomic E-state index is 10.6. The van der Waals surface area contributed by atoms with E-state index in [2.05, 4.69) is 15.3 Å². The number of rotatable bonds is 4. The Hall–Kier alpha value is -1.59. The molecule has 0 aromatic heterocycles. The molecule has 13 heavy (non-hydrogen) atoms. The maximum Gasteiger partial charge on any atom is 0.427 e. The SMILES string of the molecule is CCOC(=O)NN=C(C)CC(=O)O. The predicted octanol–water partition coefficient (Wildman–Crippen LogP) is 0.583. The Labute approximate surface area is 75.6 Å². The lowest BCUT2D eigenvalue weighted by atomic mass is 10.3. The molecule has 0 aliphatic heterocycles. The molecule has 0 aromatic carbocycles. The first kappa shape index (κ1) is 11.4. The van der Waals surface area contributed by atoms with E-state index in [9.17, 15) is 9.59 Å². The van der Waals surface area contributed by atoms with Crippen molar-refractivity contribution in [3.05, 3.63) is 0 Å². The largest absolute Gasteiger partial charge is 0.481 e. The van der Waals surface area contributed by atoms with Crippen LogP contribution in [0.5, 0.6) is 0 Å². The summed E-state index contributed by atoms with van der Waals surface area (Å²) in [5.41, 5.74) is 2.36. The van der Waals surface area contributed by atoms with Crippen molar-refractivity contribution in [2.75, 3.05) is 6.61 Å². The zero-order valence-corrected chi connectivity index (χ0v) is 7.53. The molecule has 0 unspecified atom stereocenters. The average Bonchev–Trinajstić information content (AvgIpc) is 2.00. The monoisotopic (exact) mass is 188 g/mol. The zero-order valence-electron chi connectivity index (χ0n) is 7.53. The van der Waals surface area contributed by atoms with E-state index in [0.717, 1.165) is 0 Å². The minimum absolute atomic E-state index is 0.202. The van der Waals surface area contributed by atoms with Crippen molar-refractivity contribution < 1.29 is 19.4 Å². The van der Waals surface area contributed by atoms with Gasteiger partial charge < -0.3 is 9.84 Å². The van der Waals surface area contributed by atoms with E-state index in [1.165, 1.54) is 6.92 Å². The van der Waals surface area contributed by atoms with Crippen molar-refractivity contribution in [2.45, 2.75) is 20.3 Å². The van der Waals surface area contributed by atoms with Crippen LogP contribution in [0.15, 0.2) is 5.10 Å². The van der Waals surface area contributed by atoms with Crippen LogP contribution >= 0.6 is 0 Å². The number of carboxylic acid groups (broad SMARTS) is 1. The van der Waals surface area contributed by atoms with Gasteiger partial charge in [-0.2, -0.15) is 5.10 Å². The Balaban J connectivity index is 3.82. The third-order valence-electron chi connectivity index (χ3n) is 1.02. The summed E-state index contributed by atoms with van der Waals surface area (Å²) in [6, 6.07) is 0. The molecule has 6 nitrogen and oxygen atoms in total. The van der Waals surface area contributed by atoms with Gasteiger partial charge in [-0.25, -0.2) is 10.2 Å². The topological polar surface area (TPSA) is 88.0 Å². The summed E-state index contributed by atoms with van der Waals surface area (Å²) in [5.74, 6) is -0.994. The van der Waals surface area contributed by atoms with E-state index >= 15 is 0 Å². The van der Waals surface area contributed by atoms with Gasteiger partial charge in [0.1, 0.15) is 0 Å². The first-order valence-electron chi connectivity index (χ1n) is 3.74. The van der Waals surface area contributed by atoms with Crippen molar-refractivity contribution >= 4 is 17.8 Å². The molecule has 0 saturated carbocycles. The summed E-state index contributed by atoms with van der Waals surface area (Å²) < 4.78 is 4.49. The average molecular weight is 188 g/mol. The van der Waals surface area contributed by atoms with Crippen LogP contribution in [0.25, 0.3) is 0 Å². The maximum atomic E-state index is 10.6. The highest BCUT2D eigenvalue weighted by Crippen LogP contribution is 1.85. The first-order valence-corrected chi connectivity index (χ1v) is 3.74. The third kappa shape index (κ3) is 6.79. The van der Waals surface area contributed by atoms with Gasteiger partial charge in [0.05, 0.1) is 13.0 Å². The Bertz CT molecular complexity index is 225. The van der Waals surface area contributed by atoms with Gasteiger partial charge >= 0.3 is 12.1 Å². The number of nitrogens with one attached hydrogen (secondary N) is 1. The van der Waals surface area contributed by atoms with Gasteiger partial charge in [0.2, 0.25) is 0 Å². The van der Waals surface area contributed by atoms with Gasteiger partial charge in [-0.1, -0.05) is 0 Å². The summed E-state index contributed by atoms with van der Waals surface area (Å²) in [6.07, 6.45) is -0.890.